The molecule has 3 heterocycles. The van der Waals surface area contributed by atoms with Gasteiger partial charge in [-0.15, -0.1) is 0 Å². The van der Waals surface area contributed by atoms with E-state index in [2.05, 4.69) is 26.9 Å². The molecular weight excluding hydrogens is 328 g/mol. The summed E-state index contributed by atoms with van der Waals surface area (Å²) >= 11 is 0. The fourth-order valence-electron chi connectivity index (χ4n) is 4.93. The van der Waals surface area contributed by atoms with Crippen molar-refractivity contribution in [3.63, 3.8) is 0 Å². The lowest BCUT2D eigenvalue weighted by molar-refractivity contribution is -0.134. The van der Waals surface area contributed by atoms with Gasteiger partial charge in [0.25, 0.3) is 0 Å². The molecule has 0 radical (unpaired) electrons. The summed E-state index contributed by atoms with van der Waals surface area (Å²) in [4.78, 5) is 26.8. The Morgan fingerprint density at radius 1 is 1.19 bits per heavy atom. The Balaban J connectivity index is 1.32. The second kappa shape index (κ2) is 6.65. The van der Waals surface area contributed by atoms with Crippen LogP contribution < -0.4 is 4.90 Å². The highest BCUT2D eigenvalue weighted by atomic mass is 16.5. The van der Waals surface area contributed by atoms with Gasteiger partial charge in [-0.2, -0.15) is 0 Å². The Kier molecular flexibility index (Phi) is 4.15. The topological polar surface area (TPSA) is 58.6 Å². The van der Waals surface area contributed by atoms with Gasteiger partial charge in [0, 0.05) is 44.2 Å². The number of hydrogen-bond acceptors (Lipinski definition) is 5. The van der Waals surface area contributed by atoms with Crippen LogP contribution >= 0.6 is 0 Å². The highest BCUT2D eigenvalue weighted by molar-refractivity contribution is 5.79. The third-order valence-corrected chi connectivity index (χ3v) is 6.38. The number of rotatable bonds is 2. The van der Waals surface area contributed by atoms with Crippen molar-refractivity contribution in [2.45, 2.75) is 31.6 Å². The number of allylic oxidation sites excluding steroid dienone is 2. The predicted molar refractivity (Wildman–Crippen MR) is 98.1 cm³/mol. The van der Waals surface area contributed by atoms with Crippen LogP contribution in [0.1, 0.15) is 36.4 Å². The quantitative estimate of drug-likeness (QED) is 0.758. The molecule has 5 rings (SSSR count). The molecule has 26 heavy (non-hydrogen) atoms. The Labute approximate surface area is 154 Å². The largest absolute Gasteiger partial charge is 0.378 e. The molecule has 138 valence electrons. The number of nitrogens with zero attached hydrogens (tertiary/aromatic N) is 4. The van der Waals surface area contributed by atoms with Crippen LogP contribution in [-0.2, 0) is 16.0 Å². The zero-order valence-electron chi connectivity index (χ0n) is 15.1. The monoisotopic (exact) mass is 354 g/mol. The van der Waals surface area contributed by atoms with Gasteiger partial charge >= 0.3 is 0 Å². The van der Waals surface area contributed by atoms with Crippen LogP contribution in [0.4, 0.5) is 5.95 Å². The third-order valence-electron chi connectivity index (χ3n) is 6.38. The molecule has 1 aromatic rings. The van der Waals surface area contributed by atoms with Crippen molar-refractivity contribution in [1.82, 2.24) is 14.9 Å². The number of carbonyl (C=O) groups is 1. The molecule has 0 unspecified atom stereocenters. The van der Waals surface area contributed by atoms with E-state index in [-0.39, 0.29) is 5.92 Å². The minimum Gasteiger partial charge on any atom is -0.378 e. The lowest BCUT2D eigenvalue weighted by Crippen LogP contribution is -2.37. The maximum Gasteiger partial charge on any atom is 0.226 e. The van der Waals surface area contributed by atoms with Crippen molar-refractivity contribution in [2.24, 2.45) is 11.8 Å². The lowest BCUT2D eigenvalue weighted by Gasteiger charge is -2.27. The number of hydrogen-bond donors (Lipinski definition) is 0. The third kappa shape index (κ3) is 2.80. The SMILES string of the molecule is O=C([C@H]1CC=CCC1)N1C[C@H]2Cc3cnc(N4CCOCC4)nc3[C@H]2C1. The van der Waals surface area contributed by atoms with Gasteiger partial charge in [-0.3, -0.25) is 4.79 Å². The first-order valence-electron chi connectivity index (χ1n) is 9.92. The Morgan fingerprint density at radius 3 is 2.88 bits per heavy atom. The summed E-state index contributed by atoms with van der Waals surface area (Å²) in [7, 11) is 0. The van der Waals surface area contributed by atoms with Crippen molar-refractivity contribution >= 4 is 11.9 Å². The molecule has 0 bridgehead atoms. The summed E-state index contributed by atoms with van der Waals surface area (Å²) in [5, 5.41) is 0. The second-order valence-electron chi connectivity index (χ2n) is 7.98. The van der Waals surface area contributed by atoms with Crippen LogP contribution in [0.5, 0.6) is 0 Å². The molecule has 2 aliphatic heterocycles. The molecule has 6 nitrogen and oxygen atoms in total. The summed E-state index contributed by atoms with van der Waals surface area (Å²) in [6.07, 6.45) is 10.3. The van der Waals surface area contributed by atoms with E-state index in [0.717, 1.165) is 71.0 Å². The molecule has 2 saturated heterocycles. The fraction of sp³-hybridized carbons (Fsp3) is 0.650. The van der Waals surface area contributed by atoms with E-state index in [1.807, 2.05) is 6.20 Å². The number of ether oxygens (including phenoxy) is 1. The van der Waals surface area contributed by atoms with E-state index >= 15 is 0 Å². The van der Waals surface area contributed by atoms with Crippen molar-refractivity contribution < 1.29 is 9.53 Å². The van der Waals surface area contributed by atoms with Crippen molar-refractivity contribution in [3.8, 4) is 0 Å². The molecule has 0 spiro atoms. The maximum atomic E-state index is 12.9. The molecule has 4 aliphatic rings. The number of anilines is 1. The van der Waals surface area contributed by atoms with Crippen LogP contribution in [0.15, 0.2) is 18.3 Å². The average Bonchev–Trinajstić information content (AvgIpc) is 3.26. The number of fused-ring (bicyclic) bond motifs is 3. The molecule has 0 aromatic carbocycles. The van der Waals surface area contributed by atoms with Crippen LogP contribution in [0, 0.1) is 11.8 Å². The number of carbonyl (C=O) groups excluding carboxylic acids is 1. The summed E-state index contributed by atoms with van der Waals surface area (Å²) in [6, 6.07) is 0. The standard InChI is InChI=1S/C20H26N4O2/c25-19(14-4-2-1-3-5-14)24-12-16-10-15-11-21-20(22-18(15)17(16)13-24)23-6-8-26-9-7-23/h1-2,11,14,16-17H,3-10,12-13H2/t14-,16+,17-/m0/s1. The maximum absolute atomic E-state index is 12.9. The Bertz CT molecular complexity index is 729. The molecule has 2 aliphatic carbocycles. The van der Waals surface area contributed by atoms with Crippen molar-refractivity contribution in [2.75, 3.05) is 44.3 Å². The van der Waals surface area contributed by atoms with Gasteiger partial charge in [0.15, 0.2) is 0 Å². The highest BCUT2D eigenvalue weighted by Gasteiger charge is 2.44. The molecule has 1 aromatic heterocycles. The number of morpholine rings is 1. The van der Waals surface area contributed by atoms with Gasteiger partial charge in [0.1, 0.15) is 0 Å². The summed E-state index contributed by atoms with van der Waals surface area (Å²) in [6.45, 7) is 4.90. The minimum absolute atomic E-state index is 0.188. The van der Waals surface area contributed by atoms with E-state index < -0.39 is 0 Å². The van der Waals surface area contributed by atoms with Crippen molar-refractivity contribution in [1.29, 1.82) is 0 Å². The van der Waals surface area contributed by atoms with E-state index in [9.17, 15) is 4.79 Å². The van der Waals surface area contributed by atoms with Gasteiger partial charge in [-0.05, 0) is 37.2 Å². The molecule has 2 fully saturated rings. The molecule has 6 heteroatoms. The van der Waals surface area contributed by atoms with Gasteiger partial charge in [-0.25, -0.2) is 9.97 Å². The van der Waals surface area contributed by atoms with Gasteiger partial charge in [-0.1, -0.05) is 12.2 Å². The summed E-state index contributed by atoms with van der Waals surface area (Å²) in [5.74, 6) is 2.27. The van der Waals surface area contributed by atoms with Crippen LogP contribution in [0.3, 0.4) is 0 Å². The van der Waals surface area contributed by atoms with Crippen molar-refractivity contribution in [3.05, 3.63) is 29.6 Å². The fourth-order valence-corrected chi connectivity index (χ4v) is 4.93. The van der Waals surface area contributed by atoms with Gasteiger partial charge in [0.05, 0.1) is 18.9 Å². The first kappa shape index (κ1) is 16.2. The number of likely N-dealkylation sites (tertiary alicyclic amines) is 1. The zero-order valence-corrected chi connectivity index (χ0v) is 15.1. The summed E-state index contributed by atoms with van der Waals surface area (Å²) < 4.78 is 5.44. The lowest BCUT2D eigenvalue weighted by atomic mass is 9.93. The first-order chi connectivity index (χ1) is 12.8. The van der Waals surface area contributed by atoms with E-state index in [4.69, 9.17) is 9.72 Å². The van der Waals surface area contributed by atoms with Crippen LogP contribution in [0.2, 0.25) is 0 Å². The normalized spacial score (nSPS) is 30.4. The van der Waals surface area contributed by atoms with E-state index in [0.29, 0.717) is 17.7 Å². The van der Waals surface area contributed by atoms with Gasteiger partial charge in [0.2, 0.25) is 11.9 Å². The number of amides is 1. The average molecular weight is 354 g/mol. The Hall–Kier alpha value is -1.95. The van der Waals surface area contributed by atoms with E-state index in [1.165, 1.54) is 11.3 Å². The first-order valence-corrected chi connectivity index (χ1v) is 9.92. The van der Waals surface area contributed by atoms with E-state index in [1.54, 1.807) is 0 Å². The van der Waals surface area contributed by atoms with Crippen LogP contribution in [-0.4, -0.2) is 60.2 Å². The molecule has 0 N–H and O–H groups in total. The van der Waals surface area contributed by atoms with Gasteiger partial charge < -0.3 is 14.5 Å². The van der Waals surface area contributed by atoms with Crippen LogP contribution in [0.25, 0.3) is 0 Å². The summed E-state index contributed by atoms with van der Waals surface area (Å²) in [5.41, 5.74) is 2.47. The molecule has 0 saturated carbocycles. The number of aromatic nitrogens is 2. The Morgan fingerprint density at radius 2 is 2.08 bits per heavy atom. The smallest absolute Gasteiger partial charge is 0.226 e. The molecule has 3 atom stereocenters. The molecular formula is C20H26N4O2. The zero-order chi connectivity index (χ0) is 17.5. The molecule has 1 amide bonds. The predicted octanol–water partition coefficient (Wildman–Crippen LogP) is 1.77. The minimum atomic E-state index is 0.188. The highest BCUT2D eigenvalue weighted by Crippen LogP contribution is 2.43. The second-order valence-corrected chi connectivity index (χ2v) is 7.98.